The van der Waals surface area contributed by atoms with E-state index in [9.17, 15) is 4.79 Å². The molecule has 1 saturated heterocycles. The van der Waals surface area contributed by atoms with E-state index in [0.717, 1.165) is 44.2 Å². The van der Waals surface area contributed by atoms with Crippen LogP contribution in [0.3, 0.4) is 0 Å². The third-order valence-electron chi connectivity index (χ3n) is 4.88. The highest BCUT2D eigenvalue weighted by molar-refractivity contribution is 5.81. The molecule has 0 spiro atoms. The maximum absolute atomic E-state index is 12.6. The number of carbonyl (C=O) groups is 1. The Morgan fingerprint density at radius 1 is 1.03 bits per heavy atom. The summed E-state index contributed by atoms with van der Waals surface area (Å²) in [6.07, 6.45) is 4.44. The van der Waals surface area contributed by atoms with Crippen molar-refractivity contribution in [1.82, 2.24) is 9.80 Å². The molecule has 2 aromatic carbocycles. The number of nitrogens with one attached hydrogen (secondary N) is 1. The first-order valence-electron chi connectivity index (χ1n) is 10.3. The minimum atomic E-state index is 0.0951. The summed E-state index contributed by atoms with van der Waals surface area (Å²) in [7, 11) is 0. The van der Waals surface area contributed by atoms with Crippen molar-refractivity contribution in [3.05, 3.63) is 66.2 Å². The summed E-state index contributed by atoms with van der Waals surface area (Å²) < 4.78 is 5.81. The number of carbonyl (C=O) groups excluding carboxylic acids is 1. The molecule has 0 bridgehead atoms. The van der Waals surface area contributed by atoms with Gasteiger partial charge in [-0.2, -0.15) is 0 Å². The van der Waals surface area contributed by atoms with Crippen molar-refractivity contribution in [3.63, 3.8) is 0 Å². The lowest BCUT2D eigenvalue weighted by molar-refractivity contribution is -0.130. The van der Waals surface area contributed by atoms with Gasteiger partial charge in [0.05, 0.1) is 18.3 Å². The van der Waals surface area contributed by atoms with Gasteiger partial charge in [0.2, 0.25) is 5.91 Å². The largest absolute Gasteiger partial charge is 0.489 e. The maximum atomic E-state index is 12.6. The molecular weight excluding hydrogens is 362 g/mol. The van der Waals surface area contributed by atoms with Gasteiger partial charge >= 0.3 is 0 Å². The number of para-hydroxylation sites is 2. The van der Waals surface area contributed by atoms with Crippen LogP contribution in [0, 0.1) is 0 Å². The third kappa shape index (κ3) is 6.64. The quantitative estimate of drug-likeness (QED) is 0.742. The van der Waals surface area contributed by atoms with Crippen LogP contribution in [0.1, 0.15) is 19.4 Å². The van der Waals surface area contributed by atoms with Gasteiger partial charge in [-0.1, -0.05) is 54.6 Å². The number of benzene rings is 2. The molecule has 0 unspecified atom stereocenters. The second kappa shape index (κ2) is 10.7. The first-order valence-corrected chi connectivity index (χ1v) is 10.3. The average molecular weight is 394 g/mol. The fourth-order valence-corrected chi connectivity index (χ4v) is 3.33. The van der Waals surface area contributed by atoms with Crippen LogP contribution in [0.2, 0.25) is 0 Å². The maximum Gasteiger partial charge on any atom is 0.241 e. The van der Waals surface area contributed by atoms with E-state index in [-0.39, 0.29) is 18.6 Å². The van der Waals surface area contributed by atoms with E-state index in [1.807, 2.05) is 61.2 Å². The Labute approximate surface area is 174 Å². The Hall–Kier alpha value is -2.79. The molecule has 154 valence electrons. The molecule has 0 saturated carbocycles. The number of rotatable bonds is 8. The third-order valence-corrected chi connectivity index (χ3v) is 4.88. The monoisotopic (exact) mass is 393 g/mol. The number of nitrogens with zero attached hydrogens (tertiary/aromatic N) is 2. The fraction of sp³-hybridized carbons (Fsp3) is 0.375. The highest BCUT2D eigenvalue weighted by atomic mass is 16.5. The van der Waals surface area contributed by atoms with Crippen LogP contribution in [0.4, 0.5) is 5.69 Å². The summed E-state index contributed by atoms with van der Waals surface area (Å²) >= 11 is 0. The van der Waals surface area contributed by atoms with E-state index < -0.39 is 0 Å². The first kappa shape index (κ1) is 20.9. The molecule has 1 amide bonds. The molecule has 1 fully saturated rings. The smallest absolute Gasteiger partial charge is 0.241 e. The van der Waals surface area contributed by atoms with Gasteiger partial charge in [0.1, 0.15) is 5.75 Å². The van der Waals surface area contributed by atoms with Gasteiger partial charge in [-0.05, 0) is 31.5 Å². The van der Waals surface area contributed by atoms with Gasteiger partial charge in [-0.3, -0.25) is 9.69 Å². The average Bonchev–Trinajstić information content (AvgIpc) is 2.74. The lowest BCUT2D eigenvalue weighted by Gasteiger charge is -2.34. The molecule has 29 heavy (non-hydrogen) atoms. The van der Waals surface area contributed by atoms with Crippen molar-refractivity contribution in [2.45, 2.75) is 20.0 Å². The van der Waals surface area contributed by atoms with Gasteiger partial charge < -0.3 is 15.0 Å². The minimum absolute atomic E-state index is 0.0951. The first-order chi connectivity index (χ1) is 14.1. The van der Waals surface area contributed by atoms with Crippen LogP contribution in [-0.4, -0.2) is 61.1 Å². The van der Waals surface area contributed by atoms with Crippen molar-refractivity contribution < 1.29 is 9.53 Å². The summed E-state index contributed by atoms with van der Waals surface area (Å²) in [6, 6.07) is 18.1. The van der Waals surface area contributed by atoms with E-state index in [0.29, 0.717) is 0 Å². The SMILES string of the molecule is CC(C)Oc1ccccc1NCC(=O)N1CCN(C/C=C/c2ccccc2)CC1. The van der Waals surface area contributed by atoms with E-state index in [4.69, 9.17) is 4.74 Å². The van der Waals surface area contributed by atoms with Crippen LogP contribution >= 0.6 is 0 Å². The van der Waals surface area contributed by atoms with Crippen LogP contribution in [0.5, 0.6) is 5.75 Å². The molecule has 0 radical (unpaired) electrons. The zero-order valence-electron chi connectivity index (χ0n) is 17.4. The molecule has 1 heterocycles. The van der Waals surface area contributed by atoms with E-state index in [2.05, 4.69) is 34.5 Å². The highest BCUT2D eigenvalue weighted by Crippen LogP contribution is 2.24. The summed E-state index contributed by atoms with van der Waals surface area (Å²) in [6.45, 7) is 8.53. The zero-order valence-corrected chi connectivity index (χ0v) is 17.4. The Kier molecular flexibility index (Phi) is 7.70. The molecule has 5 nitrogen and oxygen atoms in total. The van der Waals surface area contributed by atoms with Gasteiger partial charge in [-0.25, -0.2) is 0 Å². The van der Waals surface area contributed by atoms with Crippen LogP contribution < -0.4 is 10.1 Å². The standard InChI is InChI=1S/C24H31N3O2/c1-20(2)29-23-13-7-6-12-22(23)25-19-24(28)27-17-15-26(16-18-27)14-8-11-21-9-4-3-5-10-21/h3-13,20,25H,14-19H2,1-2H3/b11-8+. The summed E-state index contributed by atoms with van der Waals surface area (Å²) in [5.74, 6) is 0.911. The molecule has 0 aromatic heterocycles. The fourth-order valence-electron chi connectivity index (χ4n) is 3.33. The molecular formula is C24H31N3O2. The van der Waals surface area contributed by atoms with Gasteiger partial charge in [-0.15, -0.1) is 0 Å². The molecule has 1 N–H and O–H groups in total. The summed E-state index contributed by atoms with van der Waals surface area (Å²) in [5, 5.41) is 3.24. The Morgan fingerprint density at radius 3 is 2.45 bits per heavy atom. The van der Waals surface area contributed by atoms with Gasteiger partial charge in [0.25, 0.3) is 0 Å². The zero-order chi connectivity index (χ0) is 20.5. The number of amides is 1. The van der Waals surface area contributed by atoms with E-state index >= 15 is 0 Å². The normalized spacial score (nSPS) is 15.1. The van der Waals surface area contributed by atoms with Crippen molar-refractivity contribution in [2.75, 3.05) is 44.6 Å². The van der Waals surface area contributed by atoms with Crippen molar-refractivity contribution in [3.8, 4) is 5.75 Å². The van der Waals surface area contributed by atoms with Crippen LogP contribution in [-0.2, 0) is 4.79 Å². The summed E-state index contributed by atoms with van der Waals surface area (Å²) in [5.41, 5.74) is 2.08. The second-order valence-corrected chi connectivity index (χ2v) is 7.51. The van der Waals surface area contributed by atoms with Crippen molar-refractivity contribution in [2.24, 2.45) is 0 Å². The molecule has 0 atom stereocenters. The lowest BCUT2D eigenvalue weighted by atomic mass is 10.2. The molecule has 5 heteroatoms. The number of anilines is 1. The molecule has 3 rings (SSSR count). The van der Waals surface area contributed by atoms with Crippen molar-refractivity contribution >= 4 is 17.7 Å². The topological polar surface area (TPSA) is 44.8 Å². The predicted molar refractivity (Wildman–Crippen MR) is 119 cm³/mol. The van der Waals surface area contributed by atoms with Crippen LogP contribution in [0.15, 0.2) is 60.7 Å². The molecule has 2 aromatic rings. The van der Waals surface area contributed by atoms with E-state index in [1.165, 1.54) is 5.56 Å². The molecule has 1 aliphatic heterocycles. The molecule has 0 aliphatic carbocycles. The second-order valence-electron chi connectivity index (χ2n) is 7.51. The number of piperazine rings is 1. The van der Waals surface area contributed by atoms with Gasteiger partial charge in [0, 0.05) is 32.7 Å². The van der Waals surface area contributed by atoms with Crippen LogP contribution in [0.25, 0.3) is 6.08 Å². The molecule has 1 aliphatic rings. The van der Waals surface area contributed by atoms with E-state index in [1.54, 1.807) is 0 Å². The van der Waals surface area contributed by atoms with Gasteiger partial charge in [0.15, 0.2) is 0 Å². The van der Waals surface area contributed by atoms with Crippen molar-refractivity contribution in [1.29, 1.82) is 0 Å². The predicted octanol–water partition coefficient (Wildman–Crippen LogP) is 3.74. The Bertz CT molecular complexity index is 797. The highest BCUT2D eigenvalue weighted by Gasteiger charge is 2.20. The summed E-state index contributed by atoms with van der Waals surface area (Å²) in [4.78, 5) is 16.9. The lowest BCUT2D eigenvalue weighted by Crippen LogP contribution is -2.50. The Morgan fingerprint density at radius 2 is 1.72 bits per heavy atom. The number of ether oxygens (including phenoxy) is 1. The number of hydrogen-bond acceptors (Lipinski definition) is 4. The number of hydrogen-bond donors (Lipinski definition) is 1. The Balaban J connectivity index is 1.42. The minimum Gasteiger partial charge on any atom is -0.489 e.